The van der Waals surface area contributed by atoms with E-state index in [0.717, 1.165) is 12.0 Å². The molecule has 11 heavy (non-hydrogen) atoms. The number of rotatable bonds is 3. The molecule has 0 bridgehead atoms. The Balaban J connectivity index is 1.64. The monoisotopic (exact) mass is 151 g/mol. The van der Waals surface area contributed by atoms with Gasteiger partial charge in [0.1, 0.15) is 0 Å². The molecule has 1 saturated carbocycles. The molecule has 0 spiro atoms. The first-order chi connectivity index (χ1) is 5.45. The van der Waals surface area contributed by atoms with E-state index >= 15 is 0 Å². The third-order valence-electron chi connectivity index (χ3n) is 2.65. The van der Waals surface area contributed by atoms with Gasteiger partial charge in [0, 0.05) is 6.04 Å². The molecule has 1 fully saturated rings. The SMILES string of the molecule is C1=CCC(CNC2CC2)CC1. The van der Waals surface area contributed by atoms with Crippen LogP contribution >= 0.6 is 0 Å². The van der Waals surface area contributed by atoms with E-state index in [2.05, 4.69) is 17.5 Å². The Morgan fingerprint density at radius 1 is 1.18 bits per heavy atom. The van der Waals surface area contributed by atoms with Gasteiger partial charge in [0.25, 0.3) is 0 Å². The number of nitrogens with one attached hydrogen (secondary N) is 1. The highest BCUT2D eigenvalue weighted by Crippen LogP contribution is 2.21. The van der Waals surface area contributed by atoms with Crippen LogP contribution < -0.4 is 5.32 Å². The van der Waals surface area contributed by atoms with E-state index < -0.39 is 0 Å². The topological polar surface area (TPSA) is 12.0 Å². The van der Waals surface area contributed by atoms with Gasteiger partial charge in [0.15, 0.2) is 0 Å². The van der Waals surface area contributed by atoms with Crippen molar-refractivity contribution in [2.45, 2.75) is 38.1 Å². The van der Waals surface area contributed by atoms with Gasteiger partial charge in [-0.05, 0) is 44.6 Å². The molecule has 1 atom stereocenters. The zero-order valence-corrected chi connectivity index (χ0v) is 7.05. The van der Waals surface area contributed by atoms with Crippen LogP contribution in [0.3, 0.4) is 0 Å². The Kier molecular flexibility index (Phi) is 2.27. The maximum atomic E-state index is 3.59. The van der Waals surface area contributed by atoms with Gasteiger partial charge in [-0.3, -0.25) is 0 Å². The first kappa shape index (κ1) is 7.35. The van der Waals surface area contributed by atoms with Crippen molar-refractivity contribution in [3.8, 4) is 0 Å². The Morgan fingerprint density at radius 3 is 2.73 bits per heavy atom. The lowest BCUT2D eigenvalue weighted by Gasteiger charge is -2.17. The Bertz CT molecular complexity index is 147. The van der Waals surface area contributed by atoms with Gasteiger partial charge in [0.05, 0.1) is 0 Å². The minimum Gasteiger partial charge on any atom is -0.314 e. The molecule has 62 valence electrons. The molecule has 0 aromatic rings. The molecule has 1 heteroatoms. The molecule has 1 nitrogen and oxygen atoms in total. The summed E-state index contributed by atoms with van der Waals surface area (Å²) in [7, 11) is 0. The fourth-order valence-corrected chi connectivity index (χ4v) is 1.66. The van der Waals surface area contributed by atoms with Crippen molar-refractivity contribution >= 4 is 0 Å². The Labute approximate surface area is 68.9 Å². The summed E-state index contributed by atoms with van der Waals surface area (Å²) in [5.74, 6) is 0.931. The van der Waals surface area contributed by atoms with Gasteiger partial charge in [-0.15, -0.1) is 0 Å². The van der Waals surface area contributed by atoms with Crippen LogP contribution in [0.1, 0.15) is 32.1 Å². The average Bonchev–Trinajstić information content (AvgIpc) is 2.86. The van der Waals surface area contributed by atoms with Crippen molar-refractivity contribution in [3.63, 3.8) is 0 Å². The Morgan fingerprint density at radius 2 is 2.09 bits per heavy atom. The average molecular weight is 151 g/mol. The molecule has 0 aromatic carbocycles. The van der Waals surface area contributed by atoms with Crippen LogP contribution in [0.25, 0.3) is 0 Å². The van der Waals surface area contributed by atoms with E-state index in [1.165, 1.54) is 38.6 Å². The van der Waals surface area contributed by atoms with Crippen molar-refractivity contribution < 1.29 is 0 Å². The third-order valence-corrected chi connectivity index (χ3v) is 2.65. The molecule has 0 radical (unpaired) electrons. The molecule has 0 aromatic heterocycles. The molecule has 0 amide bonds. The molecule has 2 aliphatic rings. The number of allylic oxidation sites excluding steroid dienone is 2. The molecule has 1 unspecified atom stereocenters. The van der Waals surface area contributed by atoms with Crippen molar-refractivity contribution in [3.05, 3.63) is 12.2 Å². The fraction of sp³-hybridized carbons (Fsp3) is 0.800. The van der Waals surface area contributed by atoms with Crippen molar-refractivity contribution in [1.82, 2.24) is 5.32 Å². The largest absolute Gasteiger partial charge is 0.314 e. The van der Waals surface area contributed by atoms with Gasteiger partial charge in [-0.2, -0.15) is 0 Å². The van der Waals surface area contributed by atoms with Crippen molar-refractivity contribution in [2.75, 3.05) is 6.54 Å². The lowest BCUT2D eigenvalue weighted by molar-refractivity contribution is 0.439. The molecule has 2 rings (SSSR count). The Hall–Kier alpha value is -0.300. The number of hydrogen-bond donors (Lipinski definition) is 1. The highest BCUT2D eigenvalue weighted by Gasteiger charge is 2.21. The molecule has 0 saturated heterocycles. The lowest BCUT2D eigenvalue weighted by Crippen LogP contribution is -2.25. The van der Waals surface area contributed by atoms with E-state index in [4.69, 9.17) is 0 Å². The molecular formula is C10H17N. The third kappa shape index (κ3) is 2.33. The van der Waals surface area contributed by atoms with Crippen LogP contribution in [0.4, 0.5) is 0 Å². The quantitative estimate of drug-likeness (QED) is 0.609. The van der Waals surface area contributed by atoms with Crippen LogP contribution in [0.5, 0.6) is 0 Å². The van der Waals surface area contributed by atoms with E-state index in [-0.39, 0.29) is 0 Å². The standard InChI is InChI=1S/C10H17N/c1-2-4-9(5-3-1)8-11-10-6-7-10/h1-2,9-11H,3-8H2. The van der Waals surface area contributed by atoms with Crippen LogP contribution in [0, 0.1) is 5.92 Å². The molecule has 2 aliphatic carbocycles. The predicted octanol–water partition coefficient (Wildman–Crippen LogP) is 2.09. The second-order valence-corrected chi connectivity index (χ2v) is 3.83. The highest BCUT2D eigenvalue weighted by atomic mass is 14.9. The summed E-state index contributed by atoms with van der Waals surface area (Å²) in [6.45, 7) is 1.26. The van der Waals surface area contributed by atoms with E-state index in [9.17, 15) is 0 Å². The minimum absolute atomic E-state index is 0.890. The summed E-state index contributed by atoms with van der Waals surface area (Å²) in [4.78, 5) is 0. The van der Waals surface area contributed by atoms with E-state index in [0.29, 0.717) is 0 Å². The summed E-state index contributed by atoms with van der Waals surface area (Å²) in [6.07, 6.45) is 11.5. The van der Waals surface area contributed by atoms with Gasteiger partial charge in [-0.25, -0.2) is 0 Å². The second-order valence-electron chi connectivity index (χ2n) is 3.83. The molecule has 1 N–H and O–H groups in total. The summed E-state index contributed by atoms with van der Waals surface area (Å²) >= 11 is 0. The second kappa shape index (κ2) is 3.40. The number of hydrogen-bond acceptors (Lipinski definition) is 1. The van der Waals surface area contributed by atoms with Gasteiger partial charge in [0.2, 0.25) is 0 Å². The summed E-state index contributed by atoms with van der Waals surface area (Å²) in [5, 5.41) is 3.59. The first-order valence-electron chi connectivity index (χ1n) is 4.83. The van der Waals surface area contributed by atoms with Gasteiger partial charge >= 0.3 is 0 Å². The first-order valence-corrected chi connectivity index (χ1v) is 4.83. The van der Waals surface area contributed by atoms with Crippen molar-refractivity contribution in [2.24, 2.45) is 5.92 Å². The van der Waals surface area contributed by atoms with Crippen LogP contribution in [0.15, 0.2) is 12.2 Å². The van der Waals surface area contributed by atoms with Crippen LogP contribution in [-0.2, 0) is 0 Å². The molecule has 0 aliphatic heterocycles. The summed E-state index contributed by atoms with van der Waals surface area (Å²) in [5.41, 5.74) is 0. The van der Waals surface area contributed by atoms with Crippen LogP contribution in [-0.4, -0.2) is 12.6 Å². The smallest absolute Gasteiger partial charge is 0.00683 e. The summed E-state index contributed by atoms with van der Waals surface area (Å²) < 4.78 is 0. The minimum atomic E-state index is 0.890. The van der Waals surface area contributed by atoms with E-state index in [1.807, 2.05) is 0 Å². The normalized spacial score (nSPS) is 30.7. The zero-order valence-electron chi connectivity index (χ0n) is 7.05. The van der Waals surface area contributed by atoms with Gasteiger partial charge < -0.3 is 5.32 Å². The predicted molar refractivity (Wildman–Crippen MR) is 47.5 cm³/mol. The molecule has 0 heterocycles. The van der Waals surface area contributed by atoms with Crippen molar-refractivity contribution in [1.29, 1.82) is 0 Å². The molecular weight excluding hydrogens is 134 g/mol. The lowest BCUT2D eigenvalue weighted by atomic mass is 9.94. The van der Waals surface area contributed by atoms with Gasteiger partial charge in [-0.1, -0.05) is 12.2 Å². The maximum absolute atomic E-state index is 3.59. The zero-order chi connectivity index (χ0) is 7.52. The summed E-state index contributed by atoms with van der Waals surface area (Å²) in [6, 6.07) is 0.890. The van der Waals surface area contributed by atoms with E-state index in [1.54, 1.807) is 0 Å². The highest BCUT2D eigenvalue weighted by molar-refractivity contribution is 4.91. The fourth-order valence-electron chi connectivity index (χ4n) is 1.66. The maximum Gasteiger partial charge on any atom is 0.00683 e. The van der Waals surface area contributed by atoms with Crippen LogP contribution in [0.2, 0.25) is 0 Å².